The predicted octanol–water partition coefficient (Wildman–Crippen LogP) is 2.74. The number of halogens is 1. The third-order valence-electron chi connectivity index (χ3n) is 2.89. The molecule has 2 aromatic rings. The first-order chi connectivity index (χ1) is 9.60. The lowest BCUT2D eigenvalue weighted by Crippen LogP contribution is -2.27. The lowest BCUT2D eigenvalue weighted by molar-refractivity contribution is -0.116. The van der Waals surface area contributed by atoms with Crippen molar-refractivity contribution in [3.05, 3.63) is 29.4 Å². The standard InChI is InChI=1S/C14H17ClN4O/c1-2-5-9(16)8-12(20)19-14-13(15)17-10-6-3-4-7-11(10)18-14/h3-4,6-7,9H,2,5,8,16H2,1H3,(H,18,19,20). The molecule has 0 saturated heterocycles. The van der Waals surface area contributed by atoms with Gasteiger partial charge in [0.05, 0.1) is 11.0 Å². The van der Waals surface area contributed by atoms with Crippen LogP contribution < -0.4 is 11.1 Å². The first-order valence-corrected chi connectivity index (χ1v) is 6.95. The number of nitrogens with two attached hydrogens (primary N) is 1. The maximum atomic E-state index is 11.9. The molecule has 1 unspecified atom stereocenters. The van der Waals surface area contributed by atoms with Crippen molar-refractivity contribution in [2.24, 2.45) is 5.73 Å². The molecule has 20 heavy (non-hydrogen) atoms. The maximum Gasteiger partial charge on any atom is 0.227 e. The fourth-order valence-electron chi connectivity index (χ4n) is 1.95. The summed E-state index contributed by atoms with van der Waals surface area (Å²) in [6.45, 7) is 2.03. The van der Waals surface area contributed by atoms with Gasteiger partial charge in [0.2, 0.25) is 5.91 Å². The number of carbonyl (C=O) groups excluding carboxylic acids is 1. The number of carbonyl (C=O) groups is 1. The molecule has 2 rings (SSSR count). The number of fused-ring (bicyclic) bond motifs is 1. The van der Waals surface area contributed by atoms with Gasteiger partial charge in [0.15, 0.2) is 11.0 Å². The number of amides is 1. The van der Waals surface area contributed by atoms with E-state index in [2.05, 4.69) is 15.3 Å². The first-order valence-electron chi connectivity index (χ1n) is 6.58. The van der Waals surface area contributed by atoms with Crippen molar-refractivity contribution in [2.75, 3.05) is 5.32 Å². The Hall–Kier alpha value is -1.72. The molecule has 1 aromatic heterocycles. The van der Waals surface area contributed by atoms with E-state index in [1.165, 1.54) is 0 Å². The Morgan fingerprint density at radius 3 is 2.65 bits per heavy atom. The van der Waals surface area contributed by atoms with Crippen LogP contribution in [0.5, 0.6) is 0 Å². The topological polar surface area (TPSA) is 80.9 Å². The lowest BCUT2D eigenvalue weighted by Gasteiger charge is -2.11. The number of rotatable bonds is 5. The number of benzene rings is 1. The molecule has 0 aliphatic heterocycles. The molecule has 6 heteroatoms. The van der Waals surface area contributed by atoms with E-state index in [-0.39, 0.29) is 29.3 Å². The van der Waals surface area contributed by atoms with Gasteiger partial charge in [-0.1, -0.05) is 37.1 Å². The number of nitrogens with one attached hydrogen (secondary N) is 1. The van der Waals surface area contributed by atoms with Crippen molar-refractivity contribution in [1.29, 1.82) is 0 Å². The van der Waals surface area contributed by atoms with Crippen molar-refractivity contribution < 1.29 is 4.79 Å². The van der Waals surface area contributed by atoms with E-state index in [1.54, 1.807) is 0 Å². The van der Waals surface area contributed by atoms with E-state index < -0.39 is 0 Å². The van der Waals surface area contributed by atoms with Gasteiger partial charge in [-0.05, 0) is 18.6 Å². The molecular formula is C14H17ClN4O. The van der Waals surface area contributed by atoms with E-state index in [0.717, 1.165) is 12.8 Å². The Labute approximate surface area is 122 Å². The Bertz CT molecular complexity index is 617. The number of hydrogen-bond donors (Lipinski definition) is 2. The molecule has 0 fully saturated rings. The SMILES string of the molecule is CCCC(N)CC(=O)Nc1nc2ccccc2nc1Cl. The van der Waals surface area contributed by atoms with Crippen LogP contribution in [0.15, 0.2) is 24.3 Å². The Morgan fingerprint density at radius 1 is 1.35 bits per heavy atom. The zero-order chi connectivity index (χ0) is 14.5. The van der Waals surface area contributed by atoms with Gasteiger partial charge < -0.3 is 11.1 Å². The smallest absolute Gasteiger partial charge is 0.227 e. The summed E-state index contributed by atoms with van der Waals surface area (Å²) in [4.78, 5) is 20.4. The lowest BCUT2D eigenvalue weighted by atomic mass is 10.1. The molecular weight excluding hydrogens is 276 g/mol. The molecule has 0 bridgehead atoms. The van der Waals surface area contributed by atoms with Crippen molar-refractivity contribution in [3.8, 4) is 0 Å². The minimum absolute atomic E-state index is 0.146. The van der Waals surface area contributed by atoms with Gasteiger partial charge in [0.25, 0.3) is 0 Å². The van der Waals surface area contributed by atoms with E-state index in [4.69, 9.17) is 17.3 Å². The fourth-order valence-corrected chi connectivity index (χ4v) is 2.13. The fraction of sp³-hybridized carbons (Fsp3) is 0.357. The molecule has 1 atom stereocenters. The number of aromatic nitrogens is 2. The van der Waals surface area contributed by atoms with Crippen molar-refractivity contribution in [2.45, 2.75) is 32.2 Å². The van der Waals surface area contributed by atoms with Gasteiger partial charge in [0, 0.05) is 12.5 Å². The van der Waals surface area contributed by atoms with Gasteiger partial charge in [-0.3, -0.25) is 4.79 Å². The number of para-hydroxylation sites is 2. The molecule has 0 radical (unpaired) electrons. The van der Waals surface area contributed by atoms with Crippen LogP contribution in [0.25, 0.3) is 11.0 Å². The maximum absolute atomic E-state index is 11.9. The van der Waals surface area contributed by atoms with Crippen LogP contribution in [0, 0.1) is 0 Å². The minimum Gasteiger partial charge on any atom is -0.327 e. The Balaban J connectivity index is 2.13. The molecule has 0 saturated carbocycles. The molecule has 1 amide bonds. The van der Waals surface area contributed by atoms with Crippen LogP contribution in [-0.2, 0) is 4.79 Å². The van der Waals surface area contributed by atoms with E-state index in [9.17, 15) is 4.79 Å². The molecule has 1 heterocycles. The highest BCUT2D eigenvalue weighted by Gasteiger charge is 2.13. The molecule has 3 N–H and O–H groups in total. The Morgan fingerprint density at radius 2 is 2.00 bits per heavy atom. The van der Waals surface area contributed by atoms with Crippen molar-refractivity contribution >= 4 is 34.4 Å². The van der Waals surface area contributed by atoms with Crippen molar-refractivity contribution in [3.63, 3.8) is 0 Å². The summed E-state index contributed by atoms with van der Waals surface area (Å²) in [6, 6.07) is 7.20. The van der Waals surface area contributed by atoms with Crippen LogP contribution >= 0.6 is 11.6 Å². The number of anilines is 1. The van der Waals surface area contributed by atoms with E-state index >= 15 is 0 Å². The van der Waals surface area contributed by atoms with Crippen LogP contribution in [0.2, 0.25) is 5.15 Å². The highest BCUT2D eigenvalue weighted by molar-refractivity contribution is 6.32. The van der Waals surface area contributed by atoms with Crippen LogP contribution in [0.4, 0.5) is 5.82 Å². The summed E-state index contributed by atoms with van der Waals surface area (Å²) in [7, 11) is 0. The molecule has 5 nitrogen and oxygen atoms in total. The highest BCUT2D eigenvalue weighted by Crippen LogP contribution is 2.21. The third kappa shape index (κ3) is 3.65. The molecule has 0 aliphatic rings. The van der Waals surface area contributed by atoms with Crippen LogP contribution in [0.1, 0.15) is 26.2 Å². The summed E-state index contributed by atoms with van der Waals surface area (Å²) in [5.41, 5.74) is 7.22. The molecule has 0 spiro atoms. The molecule has 1 aromatic carbocycles. The number of nitrogens with zero attached hydrogens (tertiary/aromatic N) is 2. The summed E-state index contributed by atoms with van der Waals surface area (Å²) >= 11 is 6.03. The summed E-state index contributed by atoms with van der Waals surface area (Å²) in [6.07, 6.45) is 2.01. The van der Waals surface area contributed by atoms with Gasteiger partial charge in [0.1, 0.15) is 0 Å². The van der Waals surface area contributed by atoms with E-state index in [0.29, 0.717) is 11.0 Å². The molecule has 106 valence electrons. The highest BCUT2D eigenvalue weighted by atomic mass is 35.5. The Kier molecular flexibility index (Phi) is 4.87. The van der Waals surface area contributed by atoms with Crippen LogP contribution in [0.3, 0.4) is 0 Å². The average Bonchev–Trinajstić information content (AvgIpc) is 2.39. The predicted molar refractivity (Wildman–Crippen MR) is 80.7 cm³/mol. The number of hydrogen-bond acceptors (Lipinski definition) is 4. The average molecular weight is 293 g/mol. The summed E-state index contributed by atoms with van der Waals surface area (Å²) in [5, 5.41) is 2.85. The third-order valence-corrected chi connectivity index (χ3v) is 3.16. The zero-order valence-electron chi connectivity index (χ0n) is 11.3. The van der Waals surface area contributed by atoms with Crippen LogP contribution in [-0.4, -0.2) is 21.9 Å². The second-order valence-corrected chi connectivity index (χ2v) is 5.01. The molecule has 0 aliphatic carbocycles. The first kappa shape index (κ1) is 14.7. The summed E-state index contributed by atoms with van der Waals surface area (Å²) < 4.78 is 0. The monoisotopic (exact) mass is 292 g/mol. The van der Waals surface area contributed by atoms with Gasteiger partial charge in [-0.15, -0.1) is 0 Å². The largest absolute Gasteiger partial charge is 0.327 e. The zero-order valence-corrected chi connectivity index (χ0v) is 12.0. The minimum atomic E-state index is -0.197. The van der Waals surface area contributed by atoms with E-state index in [1.807, 2.05) is 31.2 Å². The quantitative estimate of drug-likeness (QED) is 0.888. The van der Waals surface area contributed by atoms with Gasteiger partial charge in [-0.25, -0.2) is 9.97 Å². The normalized spacial score (nSPS) is 12.3. The van der Waals surface area contributed by atoms with Gasteiger partial charge >= 0.3 is 0 Å². The van der Waals surface area contributed by atoms with Crippen molar-refractivity contribution in [1.82, 2.24) is 9.97 Å². The second kappa shape index (κ2) is 6.63. The van der Waals surface area contributed by atoms with Gasteiger partial charge in [-0.2, -0.15) is 0 Å². The second-order valence-electron chi connectivity index (χ2n) is 4.65. The summed E-state index contributed by atoms with van der Waals surface area (Å²) in [5.74, 6) is 0.0801.